The molecule has 0 radical (unpaired) electrons. The van der Waals surface area contributed by atoms with E-state index in [2.05, 4.69) is 10.3 Å². The molecule has 2 heterocycles. The van der Waals surface area contributed by atoms with E-state index in [0.717, 1.165) is 0 Å². The highest BCUT2D eigenvalue weighted by molar-refractivity contribution is 5.58. The van der Waals surface area contributed by atoms with Crippen LogP contribution in [0.5, 0.6) is 0 Å². The predicted molar refractivity (Wildman–Crippen MR) is 57.1 cm³/mol. The Hall–Kier alpha value is -2.51. The fourth-order valence-electron chi connectivity index (χ4n) is 1.54. The molecule has 0 fully saturated rings. The second kappa shape index (κ2) is 4.16. The summed E-state index contributed by atoms with van der Waals surface area (Å²) in [7, 11) is 1.65. The molecule has 0 atom stereocenters. The first kappa shape index (κ1) is 11.0. The van der Waals surface area contributed by atoms with Gasteiger partial charge in [0.25, 0.3) is 0 Å². The summed E-state index contributed by atoms with van der Waals surface area (Å²) in [5.74, 6) is -0.0680. The average molecular weight is 236 g/mol. The molecule has 88 valence electrons. The smallest absolute Gasteiger partial charge is 0.399 e. The molecule has 8 heteroatoms. The monoisotopic (exact) mass is 236 g/mol. The Morgan fingerprint density at radius 2 is 2.35 bits per heavy atom. The zero-order valence-electron chi connectivity index (χ0n) is 8.86. The lowest BCUT2D eigenvalue weighted by Gasteiger charge is -1.99. The zero-order valence-corrected chi connectivity index (χ0v) is 8.86. The molecule has 0 aliphatic rings. The van der Waals surface area contributed by atoms with Crippen LogP contribution in [0, 0.1) is 15.0 Å². The Labute approximate surface area is 95.0 Å². The standard InChI is InChI=1S/C9H8N4O4/c1-12-9(6(4-10-12)5-11-14)7-2-3-8(17-7)13(15)16/h2-4H,5H2,1H3. The molecule has 0 aromatic carbocycles. The first-order valence-corrected chi connectivity index (χ1v) is 4.68. The van der Waals surface area contributed by atoms with Gasteiger partial charge in [-0.1, -0.05) is 5.18 Å². The minimum absolute atomic E-state index is 0.0579. The minimum Gasteiger partial charge on any atom is -0.399 e. The van der Waals surface area contributed by atoms with E-state index in [4.69, 9.17) is 4.42 Å². The molecule has 17 heavy (non-hydrogen) atoms. The molecule has 0 saturated carbocycles. The van der Waals surface area contributed by atoms with E-state index in [-0.39, 0.29) is 18.2 Å². The van der Waals surface area contributed by atoms with Crippen LogP contribution in [0.15, 0.2) is 27.9 Å². The fourth-order valence-corrected chi connectivity index (χ4v) is 1.54. The van der Waals surface area contributed by atoms with Gasteiger partial charge in [-0.3, -0.25) is 14.8 Å². The summed E-state index contributed by atoms with van der Waals surface area (Å²) < 4.78 is 6.53. The van der Waals surface area contributed by atoms with Crippen molar-refractivity contribution in [1.82, 2.24) is 9.78 Å². The lowest BCUT2D eigenvalue weighted by atomic mass is 10.2. The lowest BCUT2D eigenvalue weighted by molar-refractivity contribution is -0.401. The Kier molecular flexibility index (Phi) is 2.69. The molecule has 0 N–H and O–H groups in total. The van der Waals surface area contributed by atoms with E-state index >= 15 is 0 Å². The summed E-state index contributed by atoms with van der Waals surface area (Å²) in [6, 6.07) is 2.71. The SMILES string of the molecule is Cn1ncc(CN=O)c1-c1ccc([N+](=O)[O-])o1. The molecule has 0 unspecified atom stereocenters. The fraction of sp³-hybridized carbons (Fsp3) is 0.222. The van der Waals surface area contributed by atoms with Gasteiger partial charge >= 0.3 is 5.88 Å². The average Bonchev–Trinajstić information content (AvgIpc) is 2.86. The second-order valence-electron chi connectivity index (χ2n) is 3.32. The van der Waals surface area contributed by atoms with E-state index in [1.807, 2.05) is 0 Å². The van der Waals surface area contributed by atoms with Gasteiger partial charge in [-0.15, -0.1) is 0 Å². The molecule has 2 rings (SSSR count). The third-order valence-corrected chi connectivity index (χ3v) is 2.25. The molecule has 2 aromatic heterocycles. The number of nitrogens with zero attached hydrogens (tertiary/aromatic N) is 4. The van der Waals surface area contributed by atoms with E-state index in [0.29, 0.717) is 11.3 Å². The minimum atomic E-state index is -0.627. The maximum absolute atomic E-state index is 10.5. The van der Waals surface area contributed by atoms with Gasteiger partial charge in [0.1, 0.15) is 17.2 Å². The third-order valence-electron chi connectivity index (χ3n) is 2.25. The molecule has 8 nitrogen and oxygen atoms in total. The van der Waals surface area contributed by atoms with Crippen molar-refractivity contribution in [3.8, 4) is 11.5 Å². The summed E-state index contributed by atoms with van der Waals surface area (Å²) in [4.78, 5) is 20.1. The van der Waals surface area contributed by atoms with E-state index < -0.39 is 4.92 Å². The molecule has 0 amide bonds. The molecule has 0 aliphatic heterocycles. The number of hydrogen-bond donors (Lipinski definition) is 0. The van der Waals surface area contributed by atoms with Gasteiger partial charge in [0.2, 0.25) is 0 Å². The number of hydrogen-bond acceptors (Lipinski definition) is 6. The van der Waals surface area contributed by atoms with Gasteiger partial charge in [0, 0.05) is 12.6 Å². The van der Waals surface area contributed by atoms with Crippen LogP contribution in [0.1, 0.15) is 5.56 Å². The van der Waals surface area contributed by atoms with Gasteiger partial charge < -0.3 is 4.42 Å². The van der Waals surface area contributed by atoms with Crippen LogP contribution in [-0.4, -0.2) is 14.7 Å². The normalized spacial score (nSPS) is 10.4. The third kappa shape index (κ3) is 1.92. The molecular formula is C9H8N4O4. The van der Waals surface area contributed by atoms with E-state index in [9.17, 15) is 15.0 Å². The summed E-state index contributed by atoms with van der Waals surface area (Å²) in [5, 5.41) is 17.2. The maximum atomic E-state index is 10.5. The van der Waals surface area contributed by atoms with Crippen molar-refractivity contribution >= 4 is 5.88 Å². The first-order chi connectivity index (χ1) is 8.13. The molecular weight excluding hydrogens is 228 g/mol. The van der Waals surface area contributed by atoms with Crippen molar-refractivity contribution in [2.24, 2.45) is 12.2 Å². The van der Waals surface area contributed by atoms with Gasteiger partial charge in [0.15, 0.2) is 5.76 Å². The van der Waals surface area contributed by atoms with Gasteiger partial charge in [-0.2, -0.15) is 10.0 Å². The summed E-state index contributed by atoms with van der Waals surface area (Å²) in [6.07, 6.45) is 1.48. The quantitative estimate of drug-likeness (QED) is 0.457. The van der Waals surface area contributed by atoms with Crippen LogP contribution in [-0.2, 0) is 13.6 Å². The van der Waals surface area contributed by atoms with Crippen LogP contribution < -0.4 is 0 Å². The van der Waals surface area contributed by atoms with Gasteiger partial charge in [-0.05, 0) is 6.07 Å². The van der Waals surface area contributed by atoms with E-state index in [1.54, 1.807) is 7.05 Å². The molecule has 0 aliphatic carbocycles. The summed E-state index contributed by atoms with van der Waals surface area (Å²) in [6.45, 7) is -0.0579. The van der Waals surface area contributed by atoms with Crippen molar-refractivity contribution in [2.45, 2.75) is 6.54 Å². The number of rotatable bonds is 4. The van der Waals surface area contributed by atoms with Crippen LogP contribution in [0.2, 0.25) is 0 Å². The lowest BCUT2D eigenvalue weighted by Crippen LogP contribution is -1.94. The number of aryl methyl sites for hydroxylation is 1. The van der Waals surface area contributed by atoms with Crippen LogP contribution in [0.4, 0.5) is 5.88 Å². The highest BCUT2D eigenvalue weighted by Crippen LogP contribution is 2.28. The van der Waals surface area contributed by atoms with Crippen LogP contribution in [0.25, 0.3) is 11.5 Å². The molecule has 2 aromatic rings. The Bertz CT molecular complexity index is 571. The number of nitro groups is 1. The summed E-state index contributed by atoms with van der Waals surface area (Å²) >= 11 is 0. The highest BCUT2D eigenvalue weighted by Gasteiger charge is 2.18. The highest BCUT2D eigenvalue weighted by atomic mass is 16.6. The van der Waals surface area contributed by atoms with E-state index in [1.165, 1.54) is 23.0 Å². The number of nitroso groups, excluding NO2 is 1. The topological polar surface area (TPSA) is 104 Å². The van der Waals surface area contributed by atoms with Crippen molar-refractivity contribution in [2.75, 3.05) is 0 Å². The van der Waals surface area contributed by atoms with Gasteiger partial charge in [0.05, 0.1) is 12.3 Å². The Morgan fingerprint density at radius 1 is 1.59 bits per heavy atom. The Balaban J connectivity index is 2.47. The van der Waals surface area contributed by atoms with Crippen molar-refractivity contribution in [1.29, 1.82) is 0 Å². The Morgan fingerprint density at radius 3 is 2.94 bits per heavy atom. The molecule has 0 saturated heterocycles. The van der Waals surface area contributed by atoms with Crippen LogP contribution in [0.3, 0.4) is 0 Å². The van der Waals surface area contributed by atoms with Crippen molar-refractivity contribution in [3.05, 3.63) is 38.9 Å². The van der Waals surface area contributed by atoms with Crippen molar-refractivity contribution in [3.63, 3.8) is 0 Å². The second-order valence-corrected chi connectivity index (χ2v) is 3.32. The van der Waals surface area contributed by atoms with Gasteiger partial charge in [-0.25, -0.2) is 0 Å². The number of furan rings is 1. The molecule has 0 bridgehead atoms. The predicted octanol–water partition coefficient (Wildman–Crippen LogP) is 1.85. The number of aromatic nitrogens is 2. The zero-order chi connectivity index (χ0) is 12.4. The summed E-state index contributed by atoms with van der Waals surface area (Å²) in [5.41, 5.74) is 1.07. The largest absolute Gasteiger partial charge is 0.433 e. The van der Waals surface area contributed by atoms with Crippen molar-refractivity contribution < 1.29 is 9.34 Å². The van der Waals surface area contributed by atoms with Crippen LogP contribution >= 0.6 is 0 Å². The maximum Gasteiger partial charge on any atom is 0.433 e. The molecule has 0 spiro atoms. The first-order valence-electron chi connectivity index (χ1n) is 4.68.